The summed E-state index contributed by atoms with van der Waals surface area (Å²) in [6.07, 6.45) is 5.09. The quantitative estimate of drug-likeness (QED) is 0.770. The molecule has 6 heteroatoms. The van der Waals surface area contributed by atoms with Crippen LogP contribution in [0.5, 0.6) is 11.5 Å². The van der Waals surface area contributed by atoms with Crippen LogP contribution in [0.25, 0.3) is 0 Å². The summed E-state index contributed by atoms with van der Waals surface area (Å²) in [6, 6.07) is 5.75. The van der Waals surface area contributed by atoms with E-state index in [1.165, 1.54) is 20.0 Å². The van der Waals surface area contributed by atoms with Gasteiger partial charge in [-0.25, -0.2) is 0 Å². The van der Waals surface area contributed by atoms with Gasteiger partial charge >= 0.3 is 5.97 Å². The molecule has 130 valence electrons. The van der Waals surface area contributed by atoms with E-state index >= 15 is 0 Å². The molecule has 0 aromatic heterocycles. The Kier molecular flexibility index (Phi) is 8.20. The number of hydrogen-bond acceptors (Lipinski definition) is 5. The lowest BCUT2D eigenvalue weighted by atomic mass is 9.95. The topological polar surface area (TPSA) is 70.8 Å². The van der Waals surface area contributed by atoms with E-state index in [4.69, 9.17) is 19.9 Å². The van der Waals surface area contributed by atoms with Gasteiger partial charge in [-0.05, 0) is 49.9 Å². The second-order valence-electron chi connectivity index (χ2n) is 5.65. The molecule has 1 atom stereocenters. The fraction of sp³-hybridized carbons (Fsp3) is 0.588. The van der Waals surface area contributed by atoms with Gasteiger partial charge in [0.05, 0.1) is 26.7 Å². The van der Waals surface area contributed by atoms with Gasteiger partial charge in [0.15, 0.2) is 11.5 Å². The molecule has 0 aliphatic heterocycles. The fourth-order valence-corrected chi connectivity index (χ4v) is 2.85. The summed E-state index contributed by atoms with van der Waals surface area (Å²) in [5.74, 6) is 1.11. The first kappa shape index (κ1) is 19.6. The molecular formula is C17H26ClNO4. The predicted octanol–water partition coefficient (Wildman–Crippen LogP) is 3.04. The maximum atomic E-state index is 11.5. The zero-order chi connectivity index (χ0) is 15.9. The highest BCUT2D eigenvalue weighted by molar-refractivity contribution is 5.85. The average Bonchev–Trinajstić information content (AvgIpc) is 3.05. The lowest BCUT2D eigenvalue weighted by Crippen LogP contribution is -2.18. The molecule has 0 spiro atoms. The van der Waals surface area contributed by atoms with Crippen LogP contribution in [0.2, 0.25) is 0 Å². The highest BCUT2D eigenvalue weighted by atomic mass is 35.5. The molecular weight excluding hydrogens is 318 g/mol. The van der Waals surface area contributed by atoms with Crippen LogP contribution in [0.1, 0.15) is 43.6 Å². The van der Waals surface area contributed by atoms with Crippen LogP contribution in [0.4, 0.5) is 0 Å². The highest BCUT2D eigenvalue weighted by Crippen LogP contribution is 2.34. The van der Waals surface area contributed by atoms with E-state index in [0.717, 1.165) is 24.2 Å². The van der Waals surface area contributed by atoms with E-state index < -0.39 is 0 Å². The van der Waals surface area contributed by atoms with Gasteiger partial charge in [0.2, 0.25) is 0 Å². The summed E-state index contributed by atoms with van der Waals surface area (Å²) < 4.78 is 16.2. The Morgan fingerprint density at radius 2 is 1.96 bits per heavy atom. The third-order valence-corrected chi connectivity index (χ3v) is 4.18. The van der Waals surface area contributed by atoms with Crippen molar-refractivity contribution in [1.29, 1.82) is 0 Å². The SMILES string of the molecule is COC(=O)CC(CN)c1ccc(OC)c(OC2CCCC2)c1.Cl. The molecule has 1 aromatic rings. The Morgan fingerprint density at radius 3 is 2.52 bits per heavy atom. The molecule has 0 amide bonds. The number of carbonyl (C=O) groups is 1. The van der Waals surface area contributed by atoms with Crippen LogP contribution in [-0.4, -0.2) is 32.8 Å². The lowest BCUT2D eigenvalue weighted by Gasteiger charge is -2.19. The number of halogens is 1. The Morgan fingerprint density at radius 1 is 1.26 bits per heavy atom. The van der Waals surface area contributed by atoms with E-state index in [9.17, 15) is 4.79 Å². The van der Waals surface area contributed by atoms with Gasteiger partial charge in [0.1, 0.15) is 0 Å². The monoisotopic (exact) mass is 343 g/mol. The van der Waals surface area contributed by atoms with Crippen LogP contribution in [0.15, 0.2) is 18.2 Å². The van der Waals surface area contributed by atoms with E-state index in [1.54, 1.807) is 7.11 Å². The number of carbonyl (C=O) groups excluding carboxylic acids is 1. The van der Waals surface area contributed by atoms with Crippen LogP contribution >= 0.6 is 12.4 Å². The normalized spacial score (nSPS) is 15.6. The summed E-state index contributed by atoms with van der Waals surface area (Å²) in [7, 11) is 3.02. The van der Waals surface area contributed by atoms with Crippen molar-refractivity contribution in [2.24, 2.45) is 5.73 Å². The van der Waals surface area contributed by atoms with Crippen molar-refractivity contribution in [2.75, 3.05) is 20.8 Å². The summed E-state index contributed by atoms with van der Waals surface area (Å²) in [5.41, 5.74) is 6.79. The van der Waals surface area contributed by atoms with Crippen molar-refractivity contribution >= 4 is 18.4 Å². The summed E-state index contributed by atoms with van der Waals surface area (Å²) >= 11 is 0. The number of methoxy groups -OCH3 is 2. The lowest BCUT2D eigenvalue weighted by molar-refractivity contribution is -0.141. The van der Waals surface area contributed by atoms with Gasteiger partial charge in [-0.3, -0.25) is 4.79 Å². The molecule has 1 saturated carbocycles. The summed E-state index contributed by atoms with van der Waals surface area (Å²) in [6.45, 7) is 0.379. The molecule has 1 fully saturated rings. The number of esters is 1. The van der Waals surface area contributed by atoms with E-state index in [2.05, 4.69) is 0 Å². The predicted molar refractivity (Wildman–Crippen MR) is 91.6 cm³/mol. The molecule has 2 rings (SSSR count). The van der Waals surface area contributed by atoms with Gasteiger partial charge in [-0.1, -0.05) is 6.07 Å². The summed E-state index contributed by atoms with van der Waals surface area (Å²) in [5, 5.41) is 0. The minimum atomic E-state index is -0.260. The zero-order valence-electron chi connectivity index (χ0n) is 13.7. The van der Waals surface area contributed by atoms with Gasteiger partial charge < -0.3 is 19.9 Å². The van der Waals surface area contributed by atoms with Crippen LogP contribution in [0.3, 0.4) is 0 Å². The van der Waals surface area contributed by atoms with Crippen molar-refractivity contribution in [1.82, 2.24) is 0 Å². The van der Waals surface area contributed by atoms with E-state index in [0.29, 0.717) is 12.3 Å². The van der Waals surface area contributed by atoms with Gasteiger partial charge in [0, 0.05) is 5.92 Å². The number of rotatable bonds is 7. The first-order valence-electron chi connectivity index (χ1n) is 7.79. The largest absolute Gasteiger partial charge is 0.493 e. The Labute approximate surface area is 143 Å². The third-order valence-electron chi connectivity index (χ3n) is 4.18. The molecule has 0 heterocycles. The minimum Gasteiger partial charge on any atom is -0.493 e. The minimum absolute atomic E-state index is 0. The molecule has 1 aliphatic rings. The molecule has 5 nitrogen and oxygen atoms in total. The molecule has 0 saturated heterocycles. The van der Waals surface area contributed by atoms with Gasteiger partial charge in [-0.2, -0.15) is 0 Å². The van der Waals surface area contributed by atoms with Crippen molar-refractivity contribution in [3.05, 3.63) is 23.8 Å². The van der Waals surface area contributed by atoms with Crippen molar-refractivity contribution in [2.45, 2.75) is 44.1 Å². The first-order chi connectivity index (χ1) is 10.7. The Bertz CT molecular complexity index is 503. The van der Waals surface area contributed by atoms with E-state index in [-0.39, 0.29) is 36.8 Å². The van der Waals surface area contributed by atoms with Crippen molar-refractivity contribution in [3.8, 4) is 11.5 Å². The fourth-order valence-electron chi connectivity index (χ4n) is 2.85. The standard InChI is InChI=1S/C17H25NO4.ClH/c1-20-15-8-7-12(13(11-18)10-17(19)21-2)9-16(15)22-14-5-3-4-6-14;/h7-9,13-14H,3-6,10-11,18H2,1-2H3;1H. The third kappa shape index (κ3) is 5.29. The number of nitrogens with two attached hydrogens (primary N) is 1. The Balaban J connectivity index is 0.00000264. The highest BCUT2D eigenvalue weighted by Gasteiger charge is 2.21. The van der Waals surface area contributed by atoms with Crippen LogP contribution in [0, 0.1) is 0 Å². The molecule has 0 radical (unpaired) electrons. The maximum Gasteiger partial charge on any atom is 0.306 e. The molecule has 2 N–H and O–H groups in total. The molecule has 23 heavy (non-hydrogen) atoms. The van der Waals surface area contributed by atoms with Crippen LogP contribution < -0.4 is 15.2 Å². The first-order valence-corrected chi connectivity index (χ1v) is 7.79. The van der Waals surface area contributed by atoms with Crippen molar-refractivity contribution < 1.29 is 19.0 Å². The van der Waals surface area contributed by atoms with Gasteiger partial charge in [-0.15, -0.1) is 12.4 Å². The number of benzene rings is 1. The second-order valence-corrected chi connectivity index (χ2v) is 5.65. The number of ether oxygens (including phenoxy) is 3. The number of hydrogen-bond donors (Lipinski definition) is 1. The smallest absolute Gasteiger partial charge is 0.306 e. The van der Waals surface area contributed by atoms with Crippen LogP contribution in [-0.2, 0) is 9.53 Å². The van der Waals surface area contributed by atoms with E-state index in [1.807, 2.05) is 18.2 Å². The molecule has 1 aromatic carbocycles. The Hall–Kier alpha value is -1.46. The molecule has 1 aliphatic carbocycles. The summed E-state index contributed by atoms with van der Waals surface area (Å²) in [4.78, 5) is 11.5. The average molecular weight is 344 g/mol. The second kappa shape index (κ2) is 9.63. The zero-order valence-corrected chi connectivity index (χ0v) is 14.6. The van der Waals surface area contributed by atoms with Gasteiger partial charge in [0.25, 0.3) is 0 Å². The van der Waals surface area contributed by atoms with Crippen molar-refractivity contribution in [3.63, 3.8) is 0 Å². The molecule has 1 unspecified atom stereocenters. The maximum absolute atomic E-state index is 11.5. The molecule has 0 bridgehead atoms.